The second kappa shape index (κ2) is 5.15. The van der Waals surface area contributed by atoms with Crippen molar-refractivity contribution < 1.29 is 47.6 Å². The van der Waals surface area contributed by atoms with E-state index < -0.39 is 27.7 Å². The predicted octanol–water partition coefficient (Wildman–Crippen LogP) is -0.948. The molecule has 0 amide bonds. The normalized spacial score (nSPS) is 14.7. The van der Waals surface area contributed by atoms with E-state index in [1.54, 1.807) is 0 Å². The Bertz CT molecular complexity index is 311. The van der Waals surface area contributed by atoms with Crippen molar-refractivity contribution in [3.63, 3.8) is 0 Å². The average molecular weight is 266 g/mol. The van der Waals surface area contributed by atoms with Gasteiger partial charge in [-0.2, -0.15) is 0 Å². The number of phosphoric ester groups is 1. The molecule has 10 nitrogen and oxygen atoms in total. The van der Waals surface area contributed by atoms with Crippen LogP contribution in [0.1, 0.15) is 6.92 Å². The zero-order valence-corrected chi connectivity index (χ0v) is 9.00. The molecule has 0 aliphatic rings. The summed E-state index contributed by atoms with van der Waals surface area (Å²) in [5, 5.41) is 0. The first-order valence-electron chi connectivity index (χ1n) is 3.21. The van der Waals surface area contributed by atoms with Crippen LogP contribution in [0, 0.1) is 0 Å². The second-order valence-electron chi connectivity index (χ2n) is 2.21. The van der Waals surface area contributed by atoms with Crippen molar-refractivity contribution in [3.05, 3.63) is 0 Å². The molecule has 0 radical (unpaired) electrons. The third-order valence-corrected chi connectivity index (χ3v) is 1.70. The van der Waals surface area contributed by atoms with Gasteiger partial charge in [0.15, 0.2) is 6.10 Å². The van der Waals surface area contributed by atoms with Crippen LogP contribution in [0.2, 0.25) is 0 Å². The maximum absolute atomic E-state index is 10.7. The number of hydrogen-bond donors (Lipinski definition) is 4. The summed E-state index contributed by atoms with van der Waals surface area (Å²) in [7, 11) is -9.89. The molecule has 12 heteroatoms. The molecular formula is C3H8O10P2. The van der Waals surface area contributed by atoms with E-state index in [1.165, 1.54) is 0 Å². The summed E-state index contributed by atoms with van der Waals surface area (Å²) in [4.78, 5) is 47.0. The quantitative estimate of drug-likeness (QED) is 0.277. The van der Waals surface area contributed by atoms with Crippen molar-refractivity contribution in [2.45, 2.75) is 13.0 Å². The Morgan fingerprint density at radius 2 is 1.60 bits per heavy atom. The Morgan fingerprint density at radius 1 is 1.13 bits per heavy atom. The number of phosphoric acid groups is 2. The Hall–Kier alpha value is -0.310. The standard InChI is InChI=1S/C3H8O10P2/c1-2(12-14(5,6)7)3(4)11-13-15(8,9)10/h2H,1H3,(H2,5,6,7)(H2,8,9,10). The van der Waals surface area contributed by atoms with Crippen molar-refractivity contribution in [1.29, 1.82) is 0 Å². The van der Waals surface area contributed by atoms with E-state index in [0.29, 0.717) is 0 Å². The summed E-state index contributed by atoms with van der Waals surface area (Å²) in [6.07, 6.45) is -1.74. The minimum atomic E-state index is -5.00. The van der Waals surface area contributed by atoms with Crippen LogP contribution in [0.3, 0.4) is 0 Å². The number of carbonyl (C=O) groups is 1. The van der Waals surface area contributed by atoms with Crippen LogP contribution in [-0.4, -0.2) is 31.6 Å². The topological polar surface area (TPSA) is 160 Å². The van der Waals surface area contributed by atoms with Crippen LogP contribution in [0.4, 0.5) is 0 Å². The van der Waals surface area contributed by atoms with E-state index in [-0.39, 0.29) is 0 Å². The molecule has 0 aromatic rings. The lowest BCUT2D eigenvalue weighted by Gasteiger charge is -2.11. The summed E-state index contributed by atoms with van der Waals surface area (Å²) in [6, 6.07) is 0. The molecule has 1 unspecified atom stereocenters. The fourth-order valence-corrected chi connectivity index (χ4v) is 1.07. The lowest BCUT2D eigenvalue weighted by molar-refractivity contribution is -0.229. The highest BCUT2D eigenvalue weighted by atomic mass is 31.2. The van der Waals surface area contributed by atoms with Crippen molar-refractivity contribution in [2.75, 3.05) is 0 Å². The molecule has 15 heavy (non-hydrogen) atoms. The lowest BCUT2D eigenvalue weighted by Crippen LogP contribution is -2.22. The highest BCUT2D eigenvalue weighted by Gasteiger charge is 2.28. The molecule has 0 aromatic heterocycles. The molecule has 0 saturated heterocycles. The van der Waals surface area contributed by atoms with Crippen molar-refractivity contribution >= 4 is 21.6 Å². The van der Waals surface area contributed by atoms with E-state index in [4.69, 9.17) is 19.6 Å². The van der Waals surface area contributed by atoms with Gasteiger partial charge in [0, 0.05) is 0 Å². The third-order valence-electron chi connectivity index (χ3n) is 0.844. The van der Waals surface area contributed by atoms with E-state index in [9.17, 15) is 13.9 Å². The summed E-state index contributed by atoms with van der Waals surface area (Å²) < 4.78 is 27.4. The van der Waals surface area contributed by atoms with Crippen LogP contribution < -0.4 is 0 Å². The van der Waals surface area contributed by atoms with Crippen LogP contribution in [0.15, 0.2) is 0 Å². The maximum Gasteiger partial charge on any atom is 0.505 e. The molecule has 0 aromatic carbocycles. The Morgan fingerprint density at radius 3 is 1.93 bits per heavy atom. The van der Waals surface area contributed by atoms with E-state index in [2.05, 4.69) is 14.1 Å². The van der Waals surface area contributed by atoms with Gasteiger partial charge in [0.05, 0.1) is 0 Å². The fraction of sp³-hybridized carbons (Fsp3) is 0.667. The molecule has 0 spiro atoms. The zero-order chi connectivity index (χ0) is 12.3. The van der Waals surface area contributed by atoms with Gasteiger partial charge in [0.1, 0.15) is 0 Å². The highest BCUT2D eigenvalue weighted by Crippen LogP contribution is 2.39. The van der Waals surface area contributed by atoms with Crippen LogP contribution in [0.25, 0.3) is 0 Å². The van der Waals surface area contributed by atoms with Gasteiger partial charge in [-0.3, -0.25) is 9.41 Å². The van der Waals surface area contributed by atoms with Gasteiger partial charge in [-0.15, -0.1) is 0 Å². The van der Waals surface area contributed by atoms with Crippen molar-refractivity contribution in [2.24, 2.45) is 0 Å². The van der Waals surface area contributed by atoms with Gasteiger partial charge in [-0.05, 0) is 6.92 Å². The predicted molar refractivity (Wildman–Crippen MR) is 41.8 cm³/mol. The molecule has 0 bridgehead atoms. The van der Waals surface area contributed by atoms with Crippen molar-refractivity contribution in [1.82, 2.24) is 0 Å². The van der Waals surface area contributed by atoms with E-state index in [1.807, 2.05) is 0 Å². The molecule has 0 rings (SSSR count). The van der Waals surface area contributed by atoms with Crippen LogP contribution in [-0.2, 0) is 28.0 Å². The fourth-order valence-electron chi connectivity index (χ4n) is 0.402. The zero-order valence-electron chi connectivity index (χ0n) is 7.21. The number of rotatable bonds is 5. The van der Waals surface area contributed by atoms with Gasteiger partial charge in [-0.25, -0.2) is 13.9 Å². The Kier molecular flexibility index (Phi) is 5.04. The molecule has 0 aliphatic carbocycles. The van der Waals surface area contributed by atoms with Gasteiger partial charge in [0.2, 0.25) is 0 Å². The molecule has 0 saturated carbocycles. The largest absolute Gasteiger partial charge is 0.505 e. The van der Waals surface area contributed by atoms with Gasteiger partial charge in [-0.1, -0.05) is 4.67 Å². The van der Waals surface area contributed by atoms with Crippen molar-refractivity contribution in [3.8, 4) is 0 Å². The van der Waals surface area contributed by atoms with Gasteiger partial charge in [0.25, 0.3) is 0 Å². The first kappa shape index (κ1) is 14.7. The number of hydrogen-bond acceptors (Lipinski definition) is 6. The minimum Gasteiger partial charge on any atom is -0.303 e. The minimum absolute atomic E-state index is 0.893. The van der Waals surface area contributed by atoms with Gasteiger partial charge >= 0.3 is 21.6 Å². The molecule has 0 heterocycles. The first-order chi connectivity index (χ1) is 6.51. The Balaban J connectivity index is 4.12. The SMILES string of the molecule is CC(OP(=O)(O)O)C(=O)OOP(=O)(O)O. The monoisotopic (exact) mass is 266 g/mol. The van der Waals surface area contributed by atoms with Gasteiger partial charge < -0.3 is 19.6 Å². The Labute approximate surface area is 83.2 Å². The molecule has 0 fully saturated rings. The van der Waals surface area contributed by atoms with E-state index >= 15 is 0 Å². The molecule has 1 atom stereocenters. The van der Waals surface area contributed by atoms with E-state index in [0.717, 1.165) is 6.92 Å². The molecule has 0 aliphatic heterocycles. The molecule has 4 N–H and O–H groups in total. The summed E-state index contributed by atoms with van der Waals surface area (Å²) in [6.45, 7) is 0.893. The molecule has 90 valence electrons. The smallest absolute Gasteiger partial charge is 0.303 e. The summed E-state index contributed by atoms with van der Waals surface area (Å²) >= 11 is 0. The van der Waals surface area contributed by atoms with Crippen LogP contribution in [0.5, 0.6) is 0 Å². The summed E-state index contributed by atoms with van der Waals surface area (Å²) in [5.74, 6) is -1.50. The van der Waals surface area contributed by atoms with Crippen LogP contribution >= 0.6 is 15.6 Å². The average Bonchev–Trinajstić information content (AvgIpc) is 1.95. The lowest BCUT2D eigenvalue weighted by atomic mass is 10.4. The summed E-state index contributed by atoms with van der Waals surface area (Å²) in [5.41, 5.74) is 0. The molecular weight excluding hydrogens is 258 g/mol. The third kappa shape index (κ3) is 8.67. The first-order valence-corrected chi connectivity index (χ1v) is 6.27. The second-order valence-corrected chi connectivity index (χ2v) is 4.53. The number of carbonyl (C=O) groups excluding carboxylic acids is 1. The highest BCUT2D eigenvalue weighted by molar-refractivity contribution is 7.46. The maximum atomic E-state index is 10.7.